The van der Waals surface area contributed by atoms with Crippen LogP contribution in [0, 0.1) is 6.57 Å². The summed E-state index contributed by atoms with van der Waals surface area (Å²) in [4.78, 5) is 29.0. The SMILES string of the molecule is [C-]#[N+]c1ccc(-c2ccc(-c3cc4c5cccnc5c(-c5cccc(-c6nc(-c7ccccc7)nc(-c7cccc(-c8ccccc8)c7)n6)c5)cc4c4cccnc34)c3ccccc23)cc1. The smallest absolute Gasteiger partial charge is 0.187 e. The summed E-state index contributed by atoms with van der Waals surface area (Å²) >= 11 is 0. The number of benzene rings is 9. The van der Waals surface area contributed by atoms with Crippen LogP contribution in [-0.2, 0) is 0 Å². The van der Waals surface area contributed by atoms with E-state index in [0.29, 0.717) is 23.2 Å². The number of nitrogens with zero attached hydrogens (tertiary/aromatic N) is 6. The monoisotopic (exact) mass is 840 g/mol. The van der Waals surface area contributed by atoms with E-state index < -0.39 is 0 Å². The maximum Gasteiger partial charge on any atom is 0.187 e. The lowest BCUT2D eigenvalue weighted by Gasteiger charge is -2.17. The summed E-state index contributed by atoms with van der Waals surface area (Å²) in [6.07, 6.45) is 3.75. The van der Waals surface area contributed by atoms with Crippen molar-refractivity contribution in [2.45, 2.75) is 0 Å². The van der Waals surface area contributed by atoms with E-state index in [1.807, 2.05) is 85.2 Å². The number of rotatable bonds is 7. The van der Waals surface area contributed by atoms with Crippen molar-refractivity contribution in [2.75, 3.05) is 0 Å². The van der Waals surface area contributed by atoms with Crippen LogP contribution in [0.25, 0.3) is 127 Å². The van der Waals surface area contributed by atoms with Crippen LogP contribution >= 0.6 is 0 Å². The van der Waals surface area contributed by atoms with Crippen molar-refractivity contribution in [3.05, 3.63) is 230 Å². The lowest BCUT2D eigenvalue weighted by molar-refractivity contribution is 1.07. The summed E-state index contributed by atoms with van der Waals surface area (Å²) in [5.74, 6) is 1.80. The van der Waals surface area contributed by atoms with E-state index in [2.05, 4.69) is 138 Å². The molecule has 0 aliphatic rings. The van der Waals surface area contributed by atoms with Gasteiger partial charge < -0.3 is 0 Å². The molecule has 0 unspecified atom stereocenters. The van der Waals surface area contributed by atoms with Crippen molar-refractivity contribution in [3.8, 4) is 78.7 Å². The number of aromatic nitrogens is 5. The van der Waals surface area contributed by atoms with E-state index in [4.69, 9.17) is 31.5 Å². The third kappa shape index (κ3) is 6.80. The van der Waals surface area contributed by atoms with E-state index in [1.165, 1.54) is 0 Å². The molecule has 6 heteroatoms. The van der Waals surface area contributed by atoms with Gasteiger partial charge in [0.25, 0.3) is 0 Å². The van der Waals surface area contributed by atoms with Crippen LogP contribution in [0.5, 0.6) is 0 Å². The minimum Gasteiger partial charge on any atom is -0.256 e. The van der Waals surface area contributed by atoms with Crippen molar-refractivity contribution in [1.29, 1.82) is 0 Å². The highest BCUT2D eigenvalue weighted by Gasteiger charge is 2.20. The quantitative estimate of drug-likeness (QED) is 0.118. The minimum atomic E-state index is 0.585. The molecular weight excluding hydrogens is 805 g/mol. The Hall–Kier alpha value is -9.18. The first-order chi connectivity index (χ1) is 32.7. The molecule has 0 aliphatic heterocycles. The summed E-state index contributed by atoms with van der Waals surface area (Å²) in [6, 6.07) is 71.0. The zero-order valence-electron chi connectivity index (χ0n) is 35.5. The first-order valence-electron chi connectivity index (χ1n) is 21.8. The summed E-state index contributed by atoms with van der Waals surface area (Å²) in [5, 5.41) is 6.57. The molecule has 0 radical (unpaired) electrons. The number of hydrogen-bond acceptors (Lipinski definition) is 5. The highest BCUT2D eigenvalue weighted by atomic mass is 15.0. The molecular formula is C60H36N6. The highest BCUT2D eigenvalue weighted by molar-refractivity contribution is 6.23. The zero-order valence-corrected chi connectivity index (χ0v) is 35.5. The summed E-state index contributed by atoms with van der Waals surface area (Å²) in [6.45, 7) is 7.44. The standard InChI is InChI=1S/C60H36N6/c1-61-45-28-26-39(27-29-45)46-30-31-49(48-23-9-8-22-47(46)48)55-37-54-50-24-12-32-62-56(50)52(36-53(54)51-25-13-33-63-57(51)55)42-19-11-21-44(35-42)60-65-58(40-16-6-3-7-17-40)64-59(66-60)43-20-10-18-41(34-43)38-14-4-2-5-15-38/h2-37H. The van der Waals surface area contributed by atoms with Crippen LogP contribution in [0.3, 0.4) is 0 Å². The van der Waals surface area contributed by atoms with Gasteiger partial charge in [-0.1, -0.05) is 170 Å². The molecule has 0 saturated heterocycles. The van der Waals surface area contributed by atoms with E-state index in [0.717, 1.165) is 105 Å². The fraction of sp³-hybridized carbons (Fsp3) is 0. The first-order valence-corrected chi connectivity index (χ1v) is 21.8. The average molecular weight is 841 g/mol. The minimum absolute atomic E-state index is 0.585. The molecule has 0 aliphatic carbocycles. The second-order valence-electron chi connectivity index (χ2n) is 16.3. The predicted molar refractivity (Wildman–Crippen MR) is 270 cm³/mol. The highest BCUT2D eigenvalue weighted by Crippen LogP contribution is 2.44. The predicted octanol–water partition coefficient (Wildman–Crippen LogP) is 15.5. The van der Waals surface area contributed by atoms with Gasteiger partial charge in [-0.05, 0) is 91.3 Å². The Bertz CT molecular complexity index is 3880. The molecule has 0 spiro atoms. The molecule has 12 rings (SSSR count). The molecule has 0 amide bonds. The number of pyridine rings is 2. The molecule has 0 saturated carbocycles. The van der Waals surface area contributed by atoms with Crippen LogP contribution in [0.15, 0.2) is 219 Å². The molecule has 306 valence electrons. The second kappa shape index (κ2) is 16.2. The Labute approximate surface area is 381 Å². The van der Waals surface area contributed by atoms with Crippen molar-refractivity contribution in [3.63, 3.8) is 0 Å². The molecule has 12 aromatic rings. The fourth-order valence-corrected chi connectivity index (χ4v) is 9.27. The van der Waals surface area contributed by atoms with Crippen molar-refractivity contribution < 1.29 is 0 Å². The third-order valence-electron chi connectivity index (χ3n) is 12.4. The Balaban J connectivity index is 1.02. The maximum atomic E-state index is 7.44. The normalized spacial score (nSPS) is 11.3. The van der Waals surface area contributed by atoms with Gasteiger partial charge in [0, 0.05) is 51.0 Å². The van der Waals surface area contributed by atoms with Crippen molar-refractivity contribution in [1.82, 2.24) is 24.9 Å². The van der Waals surface area contributed by atoms with E-state index in [1.54, 1.807) is 0 Å². The molecule has 0 fully saturated rings. The molecule has 3 heterocycles. The molecule has 9 aromatic carbocycles. The Morgan fingerprint density at radius 3 is 1.39 bits per heavy atom. The van der Waals surface area contributed by atoms with E-state index in [-0.39, 0.29) is 0 Å². The Kier molecular flexibility index (Phi) is 9.44. The molecule has 3 aromatic heterocycles. The van der Waals surface area contributed by atoms with Crippen LogP contribution < -0.4 is 0 Å². The third-order valence-corrected chi connectivity index (χ3v) is 12.4. The number of hydrogen-bond donors (Lipinski definition) is 0. The first kappa shape index (κ1) is 38.5. The largest absolute Gasteiger partial charge is 0.256 e. The van der Waals surface area contributed by atoms with Gasteiger partial charge in [-0.25, -0.2) is 19.8 Å². The van der Waals surface area contributed by atoms with Crippen LogP contribution in [0.4, 0.5) is 5.69 Å². The van der Waals surface area contributed by atoms with Crippen molar-refractivity contribution >= 4 is 49.0 Å². The zero-order chi connectivity index (χ0) is 44.0. The maximum absolute atomic E-state index is 7.44. The second-order valence-corrected chi connectivity index (χ2v) is 16.3. The van der Waals surface area contributed by atoms with Gasteiger partial charge in [0.1, 0.15) is 0 Å². The van der Waals surface area contributed by atoms with Crippen LogP contribution in [0.1, 0.15) is 0 Å². The van der Waals surface area contributed by atoms with Gasteiger partial charge in [0.2, 0.25) is 0 Å². The summed E-state index contributed by atoms with van der Waals surface area (Å²) < 4.78 is 0. The summed E-state index contributed by atoms with van der Waals surface area (Å²) in [5.41, 5.74) is 13.7. The topological polar surface area (TPSA) is 68.8 Å². The van der Waals surface area contributed by atoms with E-state index >= 15 is 0 Å². The van der Waals surface area contributed by atoms with E-state index in [9.17, 15) is 0 Å². The van der Waals surface area contributed by atoms with Crippen molar-refractivity contribution in [2.24, 2.45) is 0 Å². The molecule has 0 bridgehead atoms. The van der Waals surface area contributed by atoms with Gasteiger partial charge in [0.15, 0.2) is 23.2 Å². The fourth-order valence-electron chi connectivity index (χ4n) is 9.27. The summed E-state index contributed by atoms with van der Waals surface area (Å²) in [7, 11) is 0. The van der Waals surface area contributed by atoms with Gasteiger partial charge in [0.05, 0.1) is 17.6 Å². The number of fused-ring (bicyclic) bond motifs is 6. The van der Waals surface area contributed by atoms with Crippen LogP contribution in [-0.4, -0.2) is 24.9 Å². The van der Waals surface area contributed by atoms with Gasteiger partial charge in [-0.15, -0.1) is 0 Å². The molecule has 0 atom stereocenters. The lowest BCUT2D eigenvalue weighted by atomic mass is 9.88. The van der Waals surface area contributed by atoms with Gasteiger partial charge >= 0.3 is 0 Å². The van der Waals surface area contributed by atoms with Gasteiger partial charge in [-0.2, -0.15) is 0 Å². The molecule has 66 heavy (non-hydrogen) atoms. The average Bonchev–Trinajstić information content (AvgIpc) is 3.40. The molecule has 0 N–H and O–H groups in total. The van der Waals surface area contributed by atoms with Gasteiger partial charge in [-0.3, -0.25) is 9.97 Å². The molecule has 6 nitrogen and oxygen atoms in total. The van der Waals surface area contributed by atoms with Crippen LogP contribution in [0.2, 0.25) is 0 Å². The Morgan fingerprint density at radius 1 is 0.288 bits per heavy atom. The lowest BCUT2D eigenvalue weighted by Crippen LogP contribution is -2.00. The Morgan fingerprint density at radius 2 is 0.758 bits per heavy atom.